The number of aromatic nitrogens is 4. The van der Waals surface area contributed by atoms with Gasteiger partial charge in [-0.1, -0.05) is 6.42 Å². The number of aromatic carboxylic acids is 1. The highest BCUT2D eigenvalue weighted by atomic mass is 19.3. The average Bonchev–Trinajstić information content (AvgIpc) is 3.15. The maximum absolute atomic E-state index is 13.8. The van der Waals surface area contributed by atoms with Crippen LogP contribution in [-0.2, 0) is 6.42 Å². The molecule has 1 fully saturated rings. The lowest BCUT2D eigenvalue weighted by Crippen LogP contribution is -2.31. The van der Waals surface area contributed by atoms with Crippen molar-refractivity contribution < 1.29 is 23.4 Å². The predicted octanol–water partition coefficient (Wildman–Crippen LogP) is 1.67. The Morgan fingerprint density at radius 3 is 3.00 bits per heavy atom. The lowest BCUT2D eigenvalue weighted by Gasteiger charge is -2.29. The molecule has 2 aliphatic carbocycles. The molecule has 0 radical (unpaired) electrons. The maximum atomic E-state index is 13.8. The zero-order valence-corrected chi connectivity index (χ0v) is 12.5. The fourth-order valence-electron chi connectivity index (χ4n) is 4.20. The minimum absolute atomic E-state index is 0.00346. The van der Waals surface area contributed by atoms with Gasteiger partial charge in [0.1, 0.15) is 0 Å². The standard InChI is InChI=1S/C15H14F2N4O3/c16-14(17)15-3-1-2-9(15)12-8(6-15)11(13(22)23)19-21(12)10-7-20(24)5-4-18-10/h4-5,7,9,14H,1-3,6H2,(H,22,23). The van der Waals surface area contributed by atoms with Crippen molar-refractivity contribution in [2.75, 3.05) is 0 Å². The van der Waals surface area contributed by atoms with Crippen LogP contribution in [0, 0.1) is 10.6 Å². The first kappa shape index (κ1) is 15.0. The third-order valence-electron chi connectivity index (χ3n) is 5.21. The van der Waals surface area contributed by atoms with Crippen molar-refractivity contribution in [1.82, 2.24) is 14.8 Å². The van der Waals surface area contributed by atoms with E-state index >= 15 is 0 Å². The summed E-state index contributed by atoms with van der Waals surface area (Å²) >= 11 is 0. The van der Waals surface area contributed by atoms with Crippen molar-refractivity contribution >= 4 is 5.97 Å². The van der Waals surface area contributed by atoms with Crippen molar-refractivity contribution in [2.24, 2.45) is 5.41 Å². The zero-order valence-electron chi connectivity index (χ0n) is 12.5. The number of fused-ring (bicyclic) bond motifs is 3. The quantitative estimate of drug-likeness (QED) is 0.679. The highest BCUT2D eigenvalue weighted by molar-refractivity contribution is 5.88. The first-order valence-corrected chi connectivity index (χ1v) is 7.62. The molecule has 2 unspecified atom stereocenters. The minimum atomic E-state index is -2.54. The molecule has 0 bridgehead atoms. The van der Waals surface area contributed by atoms with Crippen LogP contribution in [0.5, 0.6) is 0 Å². The lowest BCUT2D eigenvalue weighted by atomic mass is 9.79. The first-order chi connectivity index (χ1) is 11.4. The van der Waals surface area contributed by atoms with Gasteiger partial charge in [-0.3, -0.25) is 0 Å². The highest BCUT2D eigenvalue weighted by Crippen LogP contribution is 2.60. The largest absolute Gasteiger partial charge is 0.619 e. The van der Waals surface area contributed by atoms with Gasteiger partial charge in [0.15, 0.2) is 11.9 Å². The molecule has 126 valence electrons. The van der Waals surface area contributed by atoms with Crippen LogP contribution in [0.25, 0.3) is 5.82 Å². The summed E-state index contributed by atoms with van der Waals surface area (Å²) < 4.78 is 29.4. The molecule has 2 aromatic heterocycles. The van der Waals surface area contributed by atoms with Gasteiger partial charge in [-0.05, 0) is 19.3 Å². The molecule has 0 aromatic carbocycles. The van der Waals surface area contributed by atoms with E-state index in [1.807, 2.05) is 0 Å². The fourth-order valence-corrected chi connectivity index (χ4v) is 4.20. The van der Waals surface area contributed by atoms with E-state index in [-0.39, 0.29) is 17.9 Å². The number of nitrogens with zero attached hydrogens (tertiary/aromatic N) is 4. The van der Waals surface area contributed by atoms with Crippen molar-refractivity contribution in [3.63, 3.8) is 0 Å². The summed E-state index contributed by atoms with van der Waals surface area (Å²) in [6.45, 7) is 0. The number of hydrogen-bond acceptors (Lipinski definition) is 4. The minimum Gasteiger partial charge on any atom is -0.619 e. The summed E-state index contributed by atoms with van der Waals surface area (Å²) in [4.78, 5) is 15.6. The topological polar surface area (TPSA) is 95.0 Å². The van der Waals surface area contributed by atoms with Gasteiger partial charge in [0.25, 0.3) is 0 Å². The van der Waals surface area contributed by atoms with Crippen LogP contribution in [0.1, 0.15) is 46.9 Å². The number of rotatable bonds is 3. The number of halogens is 2. The van der Waals surface area contributed by atoms with Crippen LogP contribution in [-0.4, -0.2) is 32.3 Å². The molecule has 2 aliphatic rings. The van der Waals surface area contributed by atoms with Crippen molar-refractivity contribution in [3.8, 4) is 5.82 Å². The Hall–Kier alpha value is -2.58. The second-order valence-electron chi connectivity index (χ2n) is 6.36. The van der Waals surface area contributed by atoms with Crippen LogP contribution in [0.15, 0.2) is 18.6 Å². The molecule has 2 heterocycles. The van der Waals surface area contributed by atoms with Crippen molar-refractivity contribution in [3.05, 3.63) is 40.7 Å². The van der Waals surface area contributed by atoms with Gasteiger partial charge in [-0.2, -0.15) is 9.83 Å². The Morgan fingerprint density at radius 1 is 1.54 bits per heavy atom. The number of carboxylic acids is 1. The van der Waals surface area contributed by atoms with E-state index in [1.54, 1.807) is 0 Å². The first-order valence-electron chi connectivity index (χ1n) is 7.62. The third-order valence-corrected chi connectivity index (χ3v) is 5.21. The van der Waals surface area contributed by atoms with Crippen molar-refractivity contribution in [1.29, 1.82) is 0 Å². The molecule has 1 N–H and O–H groups in total. The van der Waals surface area contributed by atoms with E-state index in [0.717, 1.165) is 6.20 Å². The molecule has 0 amide bonds. The van der Waals surface area contributed by atoms with E-state index < -0.39 is 23.7 Å². The van der Waals surface area contributed by atoms with E-state index in [4.69, 9.17) is 0 Å². The Kier molecular flexibility index (Phi) is 3.09. The van der Waals surface area contributed by atoms with Crippen molar-refractivity contribution in [2.45, 2.75) is 38.0 Å². The zero-order chi connectivity index (χ0) is 17.1. The normalized spacial score (nSPS) is 25.0. The van der Waals surface area contributed by atoms with E-state index in [0.29, 0.717) is 35.3 Å². The molecule has 0 spiro atoms. The Balaban J connectivity index is 1.94. The smallest absolute Gasteiger partial charge is 0.356 e. The predicted molar refractivity (Wildman–Crippen MR) is 76.0 cm³/mol. The average molecular weight is 336 g/mol. The van der Waals surface area contributed by atoms with Crippen LogP contribution in [0.2, 0.25) is 0 Å². The maximum Gasteiger partial charge on any atom is 0.356 e. The molecule has 0 saturated heterocycles. The molecule has 7 nitrogen and oxygen atoms in total. The van der Waals surface area contributed by atoms with E-state index in [9.17, 15) is 23.9 Å². The number of carbonyl (C=O) groups is 1. The summed E-state index contributed by atoms with van der Waals surface area (Å²) in [5, 5.41) is 25.0. The number of hydrogen-bond donors (Lipinski definition) is 1. The monoisotopic (exact) mass is 336 g/mol. The summed E-state index contributed by atoms with van der Waals surface area (Å²) in [5.41, 5.74) is -0.663. The van der Waals surface area contributed by atoms with Gasteiger partial charge < -0.3 is 10.3 Å². The summed E-state index contributed by atoms with van der Waals surface area (Å²) in [5.74, 6) is -1.61. The molecule has 1 saturated carbocycles. The van der Waals surface area contributed by atoms with Gasteiger partial charge in [-0.25, -0.2) is 23.2 Å². The van der Waals surface area contributed by atoms with Gasteiger partial charge in [0, 0.05) is 16.9 Å². The van der Waals surface area contributed by atoms with Gasteiger partial charge in [0.05, 0.1) is 11.9 Å². The van der Waals surface area contributed by atoms with E-state index in [2.05, 4.69) is 10.1 Å². The third kappa shape index (κ3) is 1.87. The summed E-state index contributed by atoms with van der Waals surface area (Å²) in [6, 6.07) is 0. The Bertz CT molecular complexity index is 838. The Morgan fingerprint density at radius 2 is 2.33 bits per heavy atom. The van der Waals surface area contributed by atoms with Gasteiger partial charge in [-0.15, -0.1) is 0 Å². The highest BCUT2D eigenvalue weighted by Gasteiger charge is 2.58. The molecule has 9 heteroatoms. The van der Waals surface area contributed by atoms with Gasteiger partial charge >= 0.3 is 5.97 Å². The molecule has 4 rings (SSSR count). The second kappa shape index (κ2) is 4.96. The molecule has 24 heavy (non-hydrogen) atoms. The van der Waals surface area contributed by atoms with Gasteiger partial charge in [0.2, 0.25) is 18.4 Å². The molecular formula is C15H14F2N4O3. The number of alkyl halides is 2. The molecule has 0 aliphatic heterocycles. The van der Waals surface area contributed by atoms with Crippen LogP contribution >= 0.6 is 0 Å². The van der Waals surface area contributed by atoms with Crippen LogP contribution in [0.3, 0.4) is 0 Å². The fraction of sp³-hybridized carbons (Fsp3) is 0.467. The number of carboxylic acid groups (broad SMARTS) is 1. The second-order valence-corrected chi connectivity index (χ2v) is 6.36. The van der Waals surface area contributed by atoms with Crippen LogP contribution < -0.4 is 4.73 Å². The SMILES string of the molecule is O=C(O)c1nn(-c2c[n+]([O-])ccn2)c2c1CC1(C(F)F)CCCC21. The van der Waals surface area contributed by atoms with E-state index in [1.165, 1.54) is 17.1 Å². The molecule has 2 atom stereocenters. The Labute approximate surface area is 135 Å². The van der Waals surface area contributed by atoms with Crippen LogP contribution in [0.4, 0.5) is 8.78 Å². The summed E-state index contributed by atoms with van der Waals surface area (Å²) in [7, 11) is 0. The molecule has 2 aromatic rings. The lowest BCUT2D eigenvalue weighted by molar-refractivity contribution is -0.605. The molecular weight excluding hydrogens is 322 g/mol. The summed E-state index contributed by atoms with van der Waals surface area (Å²) in [6.07, 6.45) is 2.61.